The lowest BCUT2D eigenvalue weighted by Crippen LogP contribution is -2.28. The molecule has 2 atom stereocenters. The number of hydrogen-bond acceptors (Lipinski definition) is 3. The lowest BCUT2D eigenvalue weighted by Gasteiger charge is -2.33. The van der Waals surface area contributed by atoms with Crippen LogP contribution in [0.2, 0.25) is 0 Å². The predicted molar refractivity (Wildman–Crippen MR) is 91.9 cm³/mol. The molecular formula is C20H24O3. The first-order valence-corrected chi connectivity index (χ1v) is 8.52. The molecule has 0 N–H and O–H groups in total. The van der Waals surface area contributed by atoms with Gasteiger partial charge in [-0.2, -0.15) is 0 Å². The van der Waals surface area contributed by atoms with Gasteiger partial charge >= 0.3 is 5.97 Å². The smallest absolute Gasteiger partial charge is 0.302 e. The minimum Gasteiger partial charge on any atom is -0.494 e. The van der Waals surface area contributed by atoms with Crippen LogP contribution < -0.4 is 4.74 Å². The molecule has 0 unspecified atom stereocenters. The Morgan fingerprint density at radius 3 is 2.70 bits per heavy atom. The Balaban J connectivity index is 2.10. The maximum Gasteiger partial charge on any atom is 0.302 e. The van der Waals surface area contributed by atoms with Gasteiger partial charge in [-0.05, 0) is 43.0 Å². The summed E-state index contributed by atoms with van der Waals surface area (Å²) in [7, 11) is 0. The van der Waals surface area contributed by atoms with Gasteiger partial charge in [-0.15, -0.1) is 0 Å². The van der Waals surface area contributed by atoms with Crippen molar-refractivity contribution in [2.75, 3.05) is 6.61 Å². The molecule has 122 valence electrons. The molecule has 0 bridgehead atoms. The fourth-order valence-corrected chi connectivity index (χ4v) is 3.72. The Bertz CT molecular complexity index is 692. The summed E-state index contributed by atoms with van der Waals surface area (Å²) >= 11 is 0. The van der Waals surface area contributed by atoms with Crippen molar-refractivity contribution in [1.82, 2.24) is 0 Å². The third kappa shape index (κ3) is 3.34. The van der Waals surface area contributed by atoms with E-state index in [1.54, 1.807) is 0 Å². The van der Waals surface area contributed by atoms with Gasteiger partial charge in [0.05, 0.1) is 6.61 Å². The quantitative estimate of drug-likeness (QED) is 0.759. The number of fused-ring (bicyclic) bond motifs is 1. The molecule has 0 heterocycles. The fourth-order valence-electron chi connectivity index (χ4n) is 3.72. The molecule has 0 aliphatic heterocycles. The summed E-state index contributed by atoms with van der Waals surface area (Å²) in [4.78, 5) is 11.5. The Hall–Kier alpha value is -2.03. The van der Waals surface area contributed by atoms with E-state index in [0.29, 0.717) is 6.61 Å². The summed E-state index contributed by atoms with van der Waals surface area (Å²) in [6, 6.07) is 12.5. The highest BCUT2D eigenvalue weighted by atomic mass is 16.5. The van der Waals surface area contributed by atoms with Gasteiger partial charge in [0.25, 0.3) is 0 Å². The van der Waals surface area contributed by atoms with Crippen LogP contribution in [0, 0.1) is 0 Å². The molecule has 3 rings (SSSR count). The lowest BCUT2D eigenvalue weighted by atomic mass is 9.79. The minimum absolute atomic E-state index is 0.0498. The molecule has 2 aromatic carbocycles. The van der Waals surface area contributed by atoms with Crippen LogP contribution in [0.4, 0.5) is 0 Å². The van der Waals surface area contributed by atoms with E-state index < -0.39 is 0 Å². The van der Waals surface area contributed by atoms with Gasteiger partial charge in [0.15, 0.2) is 0 Å². The average molecular weight is 312 g/mol. The van der Waals surface area contributed by atoms with Crippen molar-refractivity contribution in [1.29, 1.82) is 0 Å². The van der Waals surface area contributed by atoms with Crippen LogP contribution in [0.3, 0.4) is 0 Å². The third-order valence-corrected chi connectivity index (χ3v) is 4.62. The molecule has 1 aliphatic carbocycles. The number of benzene rings is 2. The molecule has 0 radical (unpaired) electrons. The van der Waals surface area contributed by atoms with Gasteiger partial charge in [0.2, 0.25) is 0 Å². The first-order chi connectivity index (χ1) is 11.2. The predicted octanol–water partition coefficient (Wildman–Crippen LogP) is 4.83. The van der Waals surface area contributed by atoms with Gasteiger partial charge in [0.1, 0.15) is 11.9 Å². The third-order valence-electron chi connectivity index (χ3n) is 4.62. The van der Waals surface area contributed by atoms with Crippen LogP contribution in [0.15, 0.2) is 36.4 Å². The number of rotatable bonds is 4. The zero-order chi connectivity index (χ0) is 16.2. The van der Waals surface area contributed by atoms with E-state index in [9.17, 15) is 4.79 Å². The molecular weight excluding hydrogens is 288 g/mol. The highest BCUT2D eigenvalue weighted by molar-refractivity contribution is 5.88. The van der Waals surface area contributed by atoms with E-state index in [1.165, 1.54) is 23.3 Å². The summed E-state index contributed by atoms with van der Waals surface area (Å²) in [5.74, 6) is 0.940. The van der Waals surface area contributed by atoms with Gasteiger partial charge in [-0.3, -0.25) is 4.79 Å². The SMILES string of the molecule is CCOc1ccc2ccccc2c1[C@H]1CCCC[C@H]1OC(C)=O. The van der Waals surface area contributed by atoms with Crippen LogP contribution in [0.5, 0.6) is 5.75 Å². The molecule has 0 saturated heterocycles. The van der Waals surface area contributed by atoms with Crippen molar-refractivity contribution in [3.63, 3.8) is 0 Å². The number of ether oxygens (including phenoxy) is 2. The van der Waals surface area contributed by atoms with Gasteiger partial charge in [0, 0.05) is 18.4 Å². The molecule has 1 fully saturated rings. The fraction of sp³-hybridized carbons (Fsp3) is 0.450. The Morgan fingerprint density at radius 1 is 1.13 bits per heavy atom. The first kappa shape index (κ1) is 15.9. The number of esters is 1. The molecule has 0 aromatic heterocycles. The lowest BCUT2D eigenvalue weighted by molar-refractivity contribution is -0.148. The zero-order valence-corrected chi connectivity index (χ0v) is 13.9. The van der Waals surface area contributed by atoms with Crippen molar-refractivity contribution in [2.24, 2.45) is 0 Å². The van der Waals surface area contributed by atoms with Crippen LogP contribution >= 0.6 is 0 Å². The number of carbonyl (C=O) groups excluding carboxylic acids is 1. The Kier molecular flexibility index (Phi) is 4.85. The minimum atomic E-state index is -0.194. The van der Waals surface area contributed by atoms with Crippen molar-refractivity contribution in [3.8, 4) is 5.75 Å². The molecule has 23 heavy (non-hydrogen) atoms. The van der Waals surface area contributed by atoms with Crippen molar-refractivity contribution >= 4 is 16.7 Å². The van der Waals surface area contributed by atoms with Gasteiger partial charge < -0.3 is 9.47 Å². The normalized spacial score (nSPS) is 21.1. The summed E-state index contributed by atoms with van der Waals surface area (Å²) in [5.41, 5.74) is 1.20. The van der Waals surface area contributed by atoms with E-state index in [1.807, 2.05) is 6.92 Å². The Labute approximate surface area is 137 Å². The maximum atomic E-state index is 11.5. The standard InChI is InChI=1S/C20H24O3/c1-3-22-19-13-12-15-8-4-5-9-16(15)20(19)17-10-6-7-11-18(17)23-14(2)21/h4-5,8-9,12-13,17-18H,3,6-7,10-11H2,1-2H3/t17-,18+/m0/s1. The average Bonchev–Trinajstić information content (AvgIpc) is 2.55. The summed E-state index contributed by atoms with van der Waals surface area (Å²) in [6.45, 7) is 4.14. The van der Waals surface area contributed by atoms with Crippen molar-refractivity contribution < 1.29 is 14.3 Å². The van der Waals surface area contributed by atoms with Crippen LogP contribution in [0.1, 0.15) is 51.0 Å². The topological polar surface area (TPSA) is 35.5 Å². The second-order valence-electron chi connectivity index (χ2n) is 6.17. The zero-order valence-electron chi connectivity index (χ0n) is 13.9. The first-order valence-electron chi connectivity index (χ1n) is 8.52. The summed E-state index contributed by atoms with van der Waals surface area (Å²) in [6.07, 6.45) is 4.19. The van der Waals surface area contributed by atoms with Crippen molar-refractivity contribution in [3.05, 3.63) is 42.0 Å². The highest BCUT2D eigenvalue weighted by Gasteiger charge is 2.32. The molecule has 1 aliphatic rings. The number of carbonyl (C=O) groups is 1. The van der Waals surface area contributed by atoms with E-state index >= 15 is 0 Å². The van der Waals surface area contributed by atoms with Crippen molar-refractivity contribution in [2.45, 2.75) is 51.6 Å². The highest BCUT2D eigenvalue weighted by Crippen LogP contribution is 2.43. The monoisotopic (exact) mass is 312 g/mol. The maximum absolute atomic E-state index is 11.5. The Morgan fingerprint density at radius 2 is 1.91 bits per heavy atom. The second kappa shape index (κ2) is 7.03. The van der Waals surface area contributed by atoms with E-state index in [-0.39, 0.29) is 18.0 Å². The van der Waals surface area contributed by atoms with Crippen LogP contribution in [-0.2, 0) is 9.53 Å². The van der Waals surface area contributed by atoms with Crippen LogP contribution in [0.25, 0.3) is 10.8 Å². The van der Waals surface area contributed by atoms with Gasteiger partial charge in [-0.1, -0.05) is 36.8 Å². The summed E-state index contributed by atoms with van der Waals surface area (Å²) in [5, 5.41) is 2.42. The van der Waals surface area contributed by atoms with Crippen LogP contribution in [-0.4, -0.2) is 18.7 Å². The molecule has 0 spiro atoms. The largest absolute Gasteiger partial charge is 0.494 e. The molecule has 3 heteroatoms. The molecule has 0 amide bonds. The van der Waals surface area contributed by atoms with E-state index in [0.717, 1.165) is 31.4 Å². The number of hydrogen-bond donors (Lipinski definition) is 0. The summed E-state index contributed by atoms with van der Waals surface area (Å²) < 4.78 is 11.6. The van der Waals surface area contributed by atoms with Gasteiger partial charge in [-0.25, -0.2) is 0 Å². The molecule has 1 saturated carbocycles. The molecule has 3 nitrogen and oxygen atoms in total. The molecule has 2 aromatic rings. The van der Waals surface area contributed by atoms with E-state index in [2.05, 4.69) is 36.4 Å². The van der Waals surface area contributed by atoms with E-state index in [4.69, 9.17) is 9.47 Å². The second-order valence-corrected chi connectivity index (χ2v) is 6.17.